The van der Waals surface area contributed by atoms with Crippen LogP contribution in [0.3, 0.4) is 0 Å². The maximum Gasteiger partial charge on any atom is 0.257 e. The number of fused-ring (bicyclic) bond motifs is 2. The van der Waals surface area contributed by atoms with Crippen molar-refractivity contribution in [3.05, 3.63) is 101 Å². The summed E-state index contributed by atoms with van der Waals surface area (Å²) < 4.78 is 1.85. The van der Waals surface area contributed by atoms with Gasteiger partial charge in [-0.05, 0) is 35.4 Å². The normalized spacial score (nSPS) is 11.2. The first kappa shape index (κ1) is 20.0. The Morgan fingerprint density at radius 2 is 1.53 bits per heavy atom. The summed E-state index contributed by atoms with van der Waals surface area (Å²) in [5.41, 5.74) is 11.4. The molecule has 0 fully saturated rings. The van der Waals surface area contributed by atoms with Gasteiger partial charge < -0.3 is 15.6 Å². The molecule has 0 aliphatic rings. The van der Waals surface area contributed by atoms with Crippen LogP contribution < -0.4 is 11.1 Å². The van der Waals surface area contributed by atoms with Crippen LogP contribution in [0.5, 0.6) is 0 Å². The number of hydrogen-bond donors (Lipinski definition) is 2. The van der Waals surface area contributed by atoms with E-state index in [9.17, 15) is 4.79 Å². The van der Waals surface area contributed by atoms with E-state index in [2.05, 4.69) is 5.32 Å². The van der Waals surface area contributed by atoms with Crippen LogP contribution in [0.25, 0.3) is 22.2 Å². The van der Waals surface area contributed by atoms with Crippen molar-refractivity contribution in [2.24, 2.45) is 0 Å². The van der Waals surface area contributed by atoms with Crippen LogP contribution in [0.2, 0.25) is 5.02 Å². The van der Waals surface area contributed by atoms with Gasteiger partial charge in [0.2, 0.25) is 0 Å². The standard InChI is InChI=1S/C25H20ClN5O/c26-18-12-10-16(11-13-18)14-28-25(32)21-22-24(30-20-9-5-4-8-19(20)29-22)31(23(21)27)15-17-6-2-1-3-7-17/h1-13H,14-15,27H2,(H,28,32). The maximum atomic E-state index is 13.2. The Hall–Kier alpha value is -3.90. The van der Waals surface area contributed by atoms with Gasteiger partial charge in [0.15, 0.2) is 5.65 Å². The SMILES string of the molecule is Nc1c(C(=O)NCc2ccc(Cl)cc2)c2nc3ccccc3nc2n1Cc1ccccc1. The molecular weight excluding hydrogens is 422 g/mol. The van der Waals surface area contributed by atoms with Crippen LogP contribution in [-0.4, -0.2) is 20.4 Å². The Labute approximate surface area is 189 Å². The number of carbonyl (C=O) groups excluding carboxylic acids is 1. The van der Waals surface area contributed by atoms with Crippen LogP contribution in [0.4, 0.5) is 5.82 Å². The molecule has 0 radical (unpaired) electrons. The van der Waals surface area contributed by atoms with Gasteiger partial charge >= 0.3 is 0 Å². The summed E-state index contributed by atoms with van der Waals surface area (Å²) in [5.74, 6) is 0.0478. The number of nitrogen functional groups attached to an aromatic ring is 1. The molecule has 0 aliphatic carbocycles. The minimum absolute atomic E-state index is 0.293. The van der Waals surface area contributed by atoms with Gasteiger partial charge in [0.25, 0.3) is 5.91 Å². The average Bonchev–Trinajstić information content (AvgIpc) is 3.08. The van der Waals surface area contributed by atoms with Gasteiger partial charge in [-0.3, -0.25) is 4.79 Å². The molecule has 158 valence electrons. The van der Waals surface area contributed by atoms with E-state index < -0.39 is 0 Å². The number of benzene rings is 3. The number of rotatable bonds is 5. The van der Waals surface area contributed by atoms with Gasteiger partial charge in [-0.25, -0.2) is 9.97 Å². The minimum atomic E-state index is -0.293. The first-order valence-electron chi connectivity index (χ1n) is 10.2. The Morgan fingerprint density at radius 1 is 0.875 bits per heavy atom. The third-order valence-electron chi connectivity index (χ3n) is 5.37. The van der Waals surface area contributed by atoms with Crippen molar-refractivity contribution >= 4 is 45.5 Å². The fraction of sp³-hybridized carbons (Fsp3) is 0.0800. The lowest BCUT2D eigenvalue weighted by Gasteiger charge is -2.08. The van der Waals surface area contributed by atoms with Crippen molar-refractivity contribution in [1.29, 1.82) is 0 Å². The summed E-state index contributed by atoms with van der Waals surface area (Å²) >= 11 is 5.95. The first-order valence-corrected chi connectivity index (χ1v) is 10.6. The van der Waals surface area contributed by atoms with E-state index in [0.29, 0.717) is 46.2 Å². The molecular formula is C25H20ClN5O. The molecule has 0 aliphatic heterocycles. The van der Waals surface area contributed by atoms with Gasteiger partial charge in [0, 0.05) is 11.6 Å². The number of carbonyl (C=O) groups is 1. The summed E-state index contributed by atoms with van der Waals surface area (Å²) in [4.78, 5) is 22.8. The summed E-state index contributed by atoms with van der Waals surface area (Å²) in [6, 6.07) is 24.8. The van der Waals surface area contributed by atoms with Gasteiger partial charge in [-0.1, -0.05) is 66.2 Å². The van der Waals surface area contributed by atoms with Crippen LogP contribution >= 0.6 is 11.6 Å². The fourth-order valence-electron chi connectivity index (χ4n) is 3.74. The number of nitrogens with zero attached hydrogens (tertiary/aromatic N) is 3. The number of aromatic nitrogens is 3. The van der Waals surface area contributed by atoms with Crippen molar-refractivity contribution in [1.82, 2.24) is 19.9 Å². The van der Waals surface area contributed by atoms with Crippen LogP contribution in [0.1, 0.15) is 21.5 Å². The van der Waals surface area contributed by atoms with E-state index in [-0.39, 0.29) is 5.91 Å². The van der Waals surface area contributed by atoms with Gasteiger partial charge in [-0.2, -0.15) is 0 Å². The fourth-order valence-corrected chi connectivity index (χ4v) is 3.87. The topological polar surface area (TPSA) is 85.8 Å². The number of nitrogens with one attached hydrogen (secondary N) is 1. The van der Waals surface area contributed by atoms with Crippen LogP contribution in [0.15, 0.2) is 78.9 Å². The molecule has 32 heavy (non-hydrogen) atoms. The monoisotopic (exact) mass is 441 g/mol. The van der Waals surface area contributed by atoms with Crippen molar-refractivity contribution in [2.75, 3.05) is 5.73 Å². The number of hydrogen-bond acceptors (Lipinski definition) is 4. The van der Waals surface area contributed by atoms with Gasteiger partial charge in [0.1, 0.15) is 16.9 Å². The first-order chi connectivity index (χ1) is 15.6. The summed E-state index contributed by atoms with van der Waals surface area (Å²) in [5, 5.41) is 3.60. The molecule has 5 aromatic rings. The van der Waals surface area contributed by atoms with Crippen molar-refractivity contribution < 1.29 is 4.79 Å². The molecule has 0 bridgehead atoms. The lowest BCUT2D eigenvalue weighted by atomic mass is 10.2. The predicted molar refractivity (Wildman–Crippen MR) is 128 cm³/mol. The minimum Gasteiger partial charge on any atom is -0.384 e. The average molecular weight is 442 g/mol. The van der Waals surface area contributed by atoms with E-state index in [0.717, 1.165) is 16.6 Å². The van der Waals surface area contributed by atoms with Crippen LogP contribution in [-0.2, 0) is 13.1 Å². The highest BCUT2D eigenvalue weighted by Gasteiger charge is 2.24. The zero-order valence-electron chi connectivity index (χ0n) is 17.1. The molecule has 3 aromatic carbocycles. The summed E-state index contributed by atoms with van der Waals surface area (Å²) in [6.07, 6.45) is 0. The molecule has 3 N–H and O–H groups in total. The second-order valence-corrected chi connectivity index (χ2v) is 7.96. The lowest BCUT2D eigenvalue weighted by molar-refractivity contribution is 0.0953. The highest BCUT2D eigenvalue weighted by molar-refractivity contribution is 6.30. The number of halogens is 1. The zero-order chi connectivity index (χ0) is 22.1. The molecule has 0 unspecified atom stereocenters. The molecule has 2 heterocycles. The van der Waals surface area contributed by atoms with Crippen molar-refractivity contribution in [3.63, 3.8) is 0 Å². The van der Waals surface area contributed by atoms with Crippen molar-refractivity contribution in [3.8, 4) is 0 Å². The van der Waals surface area contributed by atoms with E-state index in [1.54, 1.807) is 12.1 Å². The van der Waals surface area contributed by atoms with Crippen molar-refractivity contribution in [2.45, 2.75) is 13.1 Å². The molecule has 0 atom stereocenters. The summed E-state index contributed by atoms with van der Waals surface area (Å²) in [6.45, 7) is 0.836. The molecule has 6 nitrogen and oxygen atoms in total. The molecule has 0 saturated heterocycles. The quantitative estimate of drug-likeness (QED) is 0.410. The third-order valence-corrected chi connectivity index (χ3v) is 5.62. The maximum absolute atomic E-state index is 13.2. The second kappa shape index (κ2) is 8.32. The third kappa shape index (κ3) is 3.76. The van der Waals surface area contributed by atoms with Gasteiger partial charge in [0.05, 0.1) is 17.6 Å². The van der Waals surface area contributed by atoms with E-state index >= 15 is 0 Å². The Balaban J connectivity index is 1.58. The predicted octanol–water partition coefficient (Wildman–Crippen LogP) is 4.80. The van der Waals surface area contributed by atoms with E-state index in [1.807, 2.05) is 71.3 Å². The smallest absolute Gasteiger partial charge is 0.257 e. The molecule has 0 saturated carbocycles. The molecule has 7 heteroatoms. The summed E-state index contributed by atoms with van der Waals surface area (Å²) in [7, 11) is 0. The number of amides is 1. The number of para-hydroxylation sites is 2. The highest BCUT2D eigenvalue weighted by Crippen LogP contribution is 2.28. The Morgan fingerprint density at radius 3 is 2.25 bits per heavy atom. The Kier molecular flexibility index (Phi) is 5.21. The Bertz CT molecular complexity index is 1430. The number of anilines is 1. The van der Waals surface area contributed by atoms with Crippen LogP contribution in [0, 0.1) is 0 Å². The second-order valence-electron chi connectivity index (χ2n) is 7.53. The lowest BCUT2D eigenvalue weighted by Crippen LogP contribution is -2.24. The molecule has 5 rings (SSSR count). The molecule has 1 amide bonds. The van der Waals surface area contributed by atoms with Gasteiger partial charge in [-0.15, -0.1) is 0 Å². The zero-order valence-corrected chi connectivity index (χ0v) is 17.9. The number of nitrogens with two attached hydrogens (primary N) is 1. The molecule has 0 spiro atoms. The highest BCUT2D eigenvalue weighted by atomic mass is 35.5. The largest absolute Gasteiger partial charge is 0.384 e. The molecule has 2 aromatic heterocycles. The van der Waals surface area contributed by atoms with E-state index in [1.165, 1.54) is 0 Å². The van der Waals surface area contributed by atoms with E-state index in [4.69, 9.17) is 27.3 Å².